The largest absolute Gasteiger partial charge is 0.437 e. The number of halogens is 2. The summed E-state index contributed by atoms with van der Waals surface area (Å²) in [5.41, 5.74) is 0. The molecule has 1 aromatic heterocycles. The zero-order valence-corrected chi connectivity index (χ0v) is 11.2. The van der Waals surface area contributed by atoms with Gasteiger partial charge in [0.05, 0.1) is 0 Å². The SMILES string of the molecule is Clc1ccc(Oc2nnc(Cl)c3ccccc23)cc1. The van der Waals surface area contributed by atoms with E-state index >= 15 is 0 Å². The standard InChI is InChI=1S/C14H8Cl2N2O/c15-9-5-7-10(8-6-9)19-14-12-4-2-1-3-11(12)13(16)17-18-14/h1-8H. The highest BCUT2D eigenvalue weighted by Crippen LogP contribution is 2.30. The maximum atomic E-state index is 6.01. The van der Waals surface area contributed by atoms with Crippen molar-refractivity contribution in [1.82, 2.24) is 10.2 Å². The number of hydrogen-bond donors (Lipinski definition) is 0. The molecule has 0 saturated heterocycles. The maximum Gasteiger partial charge on any atom is 0.246 e. The van der Waals surface area contributed by atoms with Crippen LogP contribution in [0.3, 0.4) is 0 Å². The molecule has 3 rings (SSSR count). The second-order valence-corrected chi connectivity index (χ2v) is 4.69. The summed E-state index contributed by atoms with van der Waals surface area (Å²) in [6.45, 7) is 0. The van der Waals surface area contributed by atoms with Gasteiger partial charge in [0.25, 0.3) is 0 Å². The van der Waals surface area contributed by atoms with E-state index in [1.54, 1.807) is 24.3 Å². The third kappa shape index (κ3) is 2.48. The molecule has 0 unspecified atom stereocenters. The first kappa shape index (κ1) is 12.2. The molecule has 0 fully saturated rings. The Morgan fingerprint density at radius 2 is 1.47 bits per heavy atom. The van der Waals surface area contributed by atoms with Crippen LogP contribution in [0.4, 0.5) is 0 Å². The molecule has 1 heterocycles. The van der Waals surface area contributed by atoms with Crippen molar-refractivity contribution in [1.29, 1.82) is 0 Å². The summed E-state index contributed by atoms with van der Waals surface area (Å²) in [5, 5.41) is 10.5. The summed E-state index contributed by atoms with van der Waals surface area (Å²) < 4.78 is 5.71. The Morgan fingerprint density at radius 3 is 2.21 bits per heavy atom. The first-order valence-corrected chi connectivity index (χ1v) is 6.34. The highest BCUT2D eigenvalue weighted by Gasteiger charge is 2.09. The van der Waals surface area contributed by atoms with E-state index in [0.717, 1.165) is 10.8 Å². The number of benzene rings is 2. The van der Waals surface area contributed by atoms with E-state index in [2.05, 4.69) is 10.2 Å². The number of ether oxygens (including phenoxy) is 1. The summed E-state index contributed by atoms with van der Waals surface area (Å²) in [6, 6.07) is 14.6. The Labute approximate surface area is 119 Å². The van der Waals surface area contributed by atoms with Gasteiger partial charge in [0.15, 0.2) is 5.15 Å². The molecule has 0 aliphatic carbocycles. The average Bonchev–Trinajstić information content (AvgIpc) is 2.45. The Morgan fingerprint density at radius 1 is 0.789 bits per heavy atom. The van der Waals surface area contributed by atoms with Gasteiger partial charge >= 0.3 is 0 Å². The molecule has 0 atom stereocenters. The number of nitrogens with zero attached hydrogens (tertiary/aromatic N) is 2. The maximum absolute atomic E-state index is 6.01. The summed E-state index contributed by atoms with van der Waals surface area (Å²) in [6.07, 6.45) is 0. The fraction of sp³-hybridized carbons (Fsp3) is 0. The van der Waals surface area contributed by atoms with E-state index in [9.17, 15) is 0 Å². The van der Waals surface area contributed by atoms with Crippen molar-refractivity contribution in [2.75, 3.05) is 0 Å². The summed E-state index contributed by atoms with van der Waals surface area (Å²) in [4.78, 5) is 0. The average molecular weight is 291 g/mol. The van der Waals surface area contributed by atoms with Crippen LogP contribution < -0.4 is 4.74 Å². The molecule has 94 valence electrons. The van der Waals surface area contributed by atoms with Gasteiger partial charge in [0, 0.05) is 15.8 Å². The van der Waals surface area contributed by atoms with Gasteiger partial charge in [-0.1, -0.05) is 41.4 Å². The van der Waals surface area contributed by atoms with Gasteiger partial charge in [-0.2, -0.15) is 0 Å². The quantitative estimate of drug-likeness (QED) is 0.684. The van der Waals surface area contributed by atoms with Crippen LogP contribution >= 0.6 is 23.2 Å². The van der Waals surface area contributed by atoms with Gasteiger partial charge in [-0.15, -0.1) is 10.2 Å². The molecule has 0 radical (unpaired) electrons. The van der Waals surface area contributed by atoms with E-state index < -0.39 is 0 Å². The van der Waals surface area contributed by atoms with Crippen LogP contribution in [0.5, 0.6) is 11.6 Å². The molecule has 0 amide bonds. The third-order valence-electron chi connectivity index (χ3n) is 2.64. The number of aromatic nitrogens is 2. The van der Waals surface area contributed by atoms with Gasteiger partial charge in [0.2, 0.25) is 5.88 Å². The molecular formula is C14H8Cl2N2O. The van der Waals surface area contributed by atoms with Crippen LogP contribution in [0.1, 0.15) is 0 Å². The van der Waals surface area contributed by atoms with Crippen LogP contribution in [0.25, 0.3) is 10.8 Å². The van der Waals surface area contributed by atoms with Crippen molar-refractivity contribution in [2.24, 2.45) is 0 Å². The molecule has 2 aromatic carbocycles. The van der Waals surface area contributed by atoms with E-state index in [-0.39, 0.29) is 0 Å². The van der Waals surface area contributed by atoms with Crippen molar-refractivity contribution in [3.63, 3.8) is 0 Å². The predicted octanol–water partition coefficient (Wildman–Crippen LogP) is 4.73. The number of hydrogen-bond acceptors (Lipinski definition) is 3. The number of rotatable bonds is 2. The lowest BCUT2D eigenvalue weighted by atomic mass is 10.2. The molecule has 19 heavy (non-hydrogen) atoms. The van der Waals surface area contributed by atoms with Crippen molar-refractivity contribution < 1.29 is 4.74 Å². The minimum Gasteiger partial charge on any atom is -0.437 e. The lowest BCUT2D eigenvalue weighted by Gasteiger charge is -2.07. The van der Waals surface area contributed by atoms with Gasteiger partial charge in [-0.05, 0) is 30.3 Å². The van der Waals surface area contributed by atoms with E-state index in [4.69, 9.17) is 27.9 Å². The lowest BCUT2D eigenvalue weighted by molar-refractivity contribution is 0.462. The predicted molar refractivity (Wildman–Crippen MR) is 76.1 cm³/mol. The molecule has 0 bridgehead atoms. The van der Waals surface area contributed by atoms with Crippen LogP contribution in [0.2, 0.25) is 10.2 Å². The van der Waals surface area contributed by atoms with E-state index in [1.807, 2.05) is 24.3 Å². The summed E-state index contributed by atoms with van der Waals surface area (Å²) in [5.74, 6) is 1.06. The zero-order chi connectivity index (χ0) is 13.2. The highest BCUT2D eigenvalue weighted by atomic mass is 35.5. The van der Waals surface area contributed by atoms with Gasteiger partial charge < -0.3 is 4.74 Å². The van der Waals surface area contributed by atoms with E-state index in [0.29, 0.717) is 21.8 Å². The normalized spacial score (nSPS) is 10.6. The van der Waals surface area contributed by atoms with Crippen LogP contribution in [0, 0.1) is 0 Å². The molecule has 3 aromatic rings. The van der Waals surface area contributed by atoms with Gasteiger partial charge in [-0.3, -0.25) is 0 Å². The van der Waals surface area contributed by atoms with Crippen molar-refractivity contribution in [3.05, 3.63) is 58.7 Å². The lowest BCUT2D eigenvalue weighted by Crippen LogP contribution is -1.93. The minimum atomic E-state index is 0.360. The fourth-order valence-corrected chi connectivity index (χ4v) is 2.06. The second-order valence-electron chi connectivity index (χ2n) is 3.90. The summed E-state index contributed by atoms with van der Waals surface area (Å²) >= 11 is 11.8. The molecule has 0 saturated carbocycles. The molecule has 5 heteroatoms. The fourth-order valence-electron chi connectivity index (χ4n) is 1.74. The van der Waals surface area contributed by atoms with Crippen LogP contribution in [-0.4, -0.2) is 10.2 Å². The van der Waals surface area contributed by atoms with Crippen LogP contribution in [-0.2, 0) is 0 Å². The van der Waals surface area contributed by atoms with Gasteiger partial charge in [0.1, 0.15) is 5.75 Å². The molecule has 0 aliphatic rings. The van der Waals surface area contributed by atoms with Crippen LogP contribution in [0.15, 0.2) is 48.5 Å². The Kier molecular flexibility index (Phi) is 3.23. The van der Waals surface area contributed by atoms with E-state index in [1.165, 1.54) is 0 Å². The molecule has 0 N–H and O–H groups in total. The second kappa shape index (κ2) is 5.03. The number of fused-ring (bicyclic) bond motifs is 1. The first-order valence-electron chi connectivity index (χ1n) is 5.58. The Bertz CT molecular complexity index is 729. The molecule has 3 nitrogen and oxygen atoms in total. The van der Waals surface area contributed by atoms with Crippen molar-refractivity contribution in [2.45, 2.75) is 0 Å². The van der Waals surface area contributed by atoms with Crippen molar-refractivity contribution in [3.8, 4) is 11.6 Å². The molecule has 0 aliphatic heterocycles. The molecular weight excluding hydrogens is 283 g/mol. The first-order chi connectivity index (χ1) is 9.24. The monoisotopic (exact) mass is 290 g/mol. The van der Waals surface area contributed by atoms with Crippen molar-refractivity contribution >= 4 is 34.0 Å². The Balaban J connectivity index is 2.06. The topological polar surface area (TPSA) is 35.0 Å². The smallest absolute Gasteiger partial charge is 0.246 e. The zero-order valence-electron chi connectivity index (χ0n) is 9.68. The Hall–Kier alpha value is -1.84. The van der Waals surface area contributed by atoms with Gasteiger partial charge in [-0.25, -0.2) is 0 Å². The highest BCUT2D eigenvalue weighted by molar-refractivity contribution is 6.34. The third-order valence-corrected chi connectivity index (χ3v) is 3.17. The molecule has 0 spiro atoms. The summed E-state index contributed by atoms with van der Waals surface area (Å²) in [7, 11) is 0. The minimum absolute atomic E-state index is 0.360.